The van der Waals surface area contributed by atoms with Crippen LogP contribution in [0.1, 0.15) is 0 Å². The molecule has 0 aliphatic heterocycles. The first kappa shape index (κ1) is 15.3. The van der Waals surface area contributed by atoms with Crippen molar-refractivity contribution >= 4 is 15.7 Å². The van der Waals surface area contributed by atoms with E-state index >= 15 is 0 Å². The van der Waals surface area contributed by atoms with Gasteiger partial charge in [-0.3, -0.25) is 10.1 Å². The van der Waals surface area contributed by atoms with Gasteiger partial charge in [0.2, 0.25) is 10.0 Å². The van der Waals surface area contributed by atoms with E-state index in [0.29, 0.717) is 5.75 Å². The summed E-state index contributed by atoms with van der Waals surface area (Å²) in [6.45, 7) is 0.307. The highest BCUT2D eigenvalue weighted by molar-refractivity contribution is 7.89. The Morgan fingerprint density at radius 1 is 1.26 bits per heavy atom. The second kappa shape index (κ2) is 7.02. The highest BCUT2D eigenvalue weighted by atomic mass is 32.2. The fraction of sp³-hybridized carbons (Fsp3) is 0.400. The minimum atomic E-state index is -3.52. The number of benzene rings is 1. The van der Waals surface area contributed by atoms with Crippen LogP contribution < -0.4 is 9.88 Å². The predicted octanol–water partition coefficient (Wildman–Crippen LogP) is 0.279. The van der Waals surface area contributed by atoms with Crippen LogP contribution in [0, 0.1) is 10.1 Å². The van der Waals surface area contributed by atoms with Crippen LogP contribution in [0.2, 0.25) is 0 Å². The summed E-state index contributed by atoms with van der Waals surface area (Å²) in [5, 5.41) is 15.3. The first-order valence-corrected chi connectivity index (χ1v) is 7.05. The highest BCUT2D eigenvalue weighted by Gasteiger charge is 2.06. The van der Waals surface area contributed by atoms with Crippen molar-refractivity contribution in [3.8, 4) is 5.75 Å². The number of sulfonamides is 1. The lowest BCUT2D eigenvalue weighted by Gasteiger charge is -2.06. The summed E-state index contributed by atoms with van der Waals surface area (Å²) < 4.78 is 31.4. The summed E-state index contributed by atoms with van der Waals surface area (Å²) in [4.78, 5) is 10.0. The molecule has 0 amide bonds. The molecule has 1 aromatic carbocycles. The van der Waals surface area contributed by atoms with Crippen LogP contribution in [0.4, 0.5) is 5.69 Å². The summed E-state index contributed by atoms with van der Waals surface area (Å²) in [7, 11) is -3.52. The molecule has 8 nitrogen and oxygen atoms in total. The molecule has 1 rings (SSSR count). The molecule has 0 fully saturated rings. The molecule has 9 heteroatoms. The summed E-state index contributed by atoms with van der Waals surface area (Å²) in [6.07, 6.45) is 0. The fourth-order valence-electron chi connectivity index (χ4n) is 1.18. The predicted molar refractivity (Wildman–Crippen MR) is 67.4 cm³/mol. The molecular formula is C10H14N2O6S. The Morgan fingerprint density at radius 2 is 2.00 bits per heavy atom. The van der Waals surface area contributed by atoms with E-state index in [1.807, 2.05) is 0 Å². The SMILES string of the molecule is NS(=O)(=O)CCOCCOc1cccc([N+](=O)[O-])c1. The second-order valence-corrected chi connectivity index (χ2v) is 5.32. The number of rotatable bonds is 8. The lowest BCUT2D eigenvalue weighted by atomic mass is 10.3. The number of non-ortho nitro benzene ring substituents is 1. The van der Waals surface area contributed by atoms with Gasteiger partial charge in [-0.05, 0) is 6.07 Å². The Bertz CT molecular complexity index is 531. The number of nitrogens with two attached hydrogens (primary N) is 1. The number of nitro benzene ring substituents is 1. The summed E-state index contributed by atoms with van der Waals surface area (Å²) in [5.41, 5.74) is -0.0624. The molecule has 0 heterocycles. The van der Waals surface area contributed by atoms with E-state index in [4.69, 9.17) is 14.6 Å². The lowest BCUT2D eigenvalue weighted by molar-refractivity contribution is -0.384. The van der Waals surface area contributed by atoms with Gasteiger partial charge in [0.05, 0.1) is 30.0 Å². The maximum Gasteiger partial charge on any atom is 0.273 e. The number of nitrogens with zero attached hydrogens (tertiary/aromatic N) is 1. The number of nitro groups is 1. The molecule has 0 unspecified atom stereocenters. The maximum atomic E-state index is 10.6. The van der Waals surface area contributed by atoms with Gasteiger partial charge in [-0.25, -0.2) is 13.6 Å². The average molecular weight is 290 g/mol. The van der Waals surface area contributed by atoms with E-state index in [9.17, 15) is 18.5 Å². The average Bonchev–Trinajstić information content (AvgIpc) is 2.32. The Morgan fingerprint density at radius 3 is 2.63 bits per heavy atom. The van der Waals surface area contributed by atoms with Crippen LogP contribution in [0.25, 0.3) is 0 Å². The zero-order valence-electron chi connectivity index (χ0n) is 10.0. The molecule has 0 aromatic heterocycles. The van der Waals surface area contributed by atoms with Crippen LogP contribution in [0.5, 0.6) is 5.75 Å². The smallest absolute Gasteiger partial charge is 0.273 e. The van der Waals surface area contributed by atoms with Crippen molar-refractivity contribution in [1.82, 2.24) is 0 Å². The Balaban J connectivity index is 2.26. The van der Waals surface area contributed by atoms with Gasteiger partial charge in [0.25, 0.3) is 5.69 Å². The van der Waals surface area contributed by atoms with Gasteiger partial charge in [-0.15, -0.1) is 0 Å². The molecule has 0 radical (unpaired) electrons. The molecule has 0 atom stereocenters. The fourth-order valence-corrected chi connectivity index (χ4v) is 1.53. The molecule has 106 valence electrons. The maximum absolute atomic E-state index is 10.6. The minimum absolute atomic E-state index is 0.0167. The van der Waals surface area contributed by atoms with Gasteiger partial charge in [0, 0.05) is 6.07 Å². The zero-order valence-corrected chi connectivity index (χ0v) is 10.8. The molecule has 0 saturated carbocycles. The quantitative estimate of drug-likeness (QED) is 0.417. The molecule has 0 spiro atoms. The van der Waals surface area contributed by atoms with Crippen molar-refractivity contribution < 1.29 is 22.8 Å². The van der Waals surface area contributed by atoms with Crippen molar-refractivity contribution in [3.63, 3.8) is 0 Å². The van der Waals surface area contributed by atoms with Crippen molar-refractivity contribution in [2.24, 2.45) is 5.14 Å². The topological polar surface area (TPSA) is 122 Å². The van der Waals surface area contributed by atoms with E-state index < -0.39 is 14.9 Å². The minimum Gasteiger partial charge on any atom is -0.491 e. The third-order valence-corrected chi connectivity index (χ3v) is 2.77. The van der Waals surface area contributed by atoms with Crippen molar-refractivity contribution in [3.05, 3.63) is 34.4 Å². The lowest BCUT2D eigenvalue weighted by Crippen LogP contribution is -2.21. The first-order chi connectivity index (χ1) is 8.88. The Kier molecular flexibility index (Phi) is 5.67. The van der Waals surface area contributed by atoms with E-state index in [-0.39, 0.29) is 31.3 Å². The van der Waals surface area contributed by atoms with Crippen molar-refractivity contribution in [2.45, 2.75) is 0 Å². The number of primary sulfonamides is 1. The van der Waals surface area contributed by atoms with Crippen LogP contribution >= 0.6 is 0 Å². The van der Waals surface area contributed by atoms with Crippen LogP contribution in [0.3, 0.4) is 0 Å². The summed E-state index contributed by atoms with van der Waals surface area (Å²) in [6, 6.07) is 5.74. The van der Waals surface area contributed by atoms with Gasteiger partial charge in [0.1, 0.15) is 12.4 Å². The van der Waals surface area contributed by atoms with E-state index in [1.54, 1.807) is 6.07 Å². The van der Waals surface area contributed by atoms with Crippen LogP contribution in [-0.2, 0) is 14.8 Å². The van der Waals surface area contributed by atoms with Gasteiger partial charge >= 0.3 is 0 Å². The number of hydrogen-bond donors (Lipinski definition) is 1. The largest absolute Gasteiger partial charge is 0.491 e. The molecule has 2 N–H and O–H groups in total. The van der Waals surface area contributed by atoms with Crippen molar-refractivity contribution in [1.29, 1.82) is 0 Å². The van der Waals surface area contributed by atoms with Gasteiger partial charge in [0.15, 0.2) is 0 Å². The van der Waals surface area contributed by atoms with Crippen LogP contribution in [0.15, 0.2) is 24.3 Å². The number of hydrogen-bond acceptors (Lipinski definition) is 6. The standard InChI is InChI=1S/C10H14N2O6S/c11-19(15,16)7-6-17-4-5-18-10-3-1-2-9(8-10)12(13)14/h1-3,8H,4-7H2,(H2,11,15,16). The van der Waals surface area contributed by atoms with E-state index in [2.05, 4.69) is 0 Å². The molecular weight excluding hydrogens is 276 g/mol. The van der Waals surface area contributed by atoms with Gasteiger partial charge < -0.3 is 9.47 Å². The van der Waals surface area contributed by atoms with Gasteiger partial charge in [-0.2, -0.15) is 0 Å². The third kappa shape index (κ3) is 6.70. The van der Waals surface area contributed by atoms with E-state index in [0.717, 1.165) is 0 Å². The molecule has 0 aliphatic rings. The van der Waals surface area contributed by atoms with E-state index in [1.165, 1.54) is 18.2 Å². The first-order valence-electron chi connectivity index (χ1n) is 5.34. The second-order valence-electron chi connectivity index (χ2n) is 3.58. The zero-order chi connectivity index (χ0) is 14.3. The summed E-state index contributed by atoms with van der Waals surface area (Å²) >= 11 is 0. The Hall–Kier alpha value is -1.71. The molecule has 0 aliphatic carbocycles. The number of ether oxygens (including phenoxy) is 2. The van der Waals surface area contributed by atoms with Crippen LogP contribution in [-0.4, -0.2) is 38.9 Å². The third-order valence-electron chi connectivity index (χ3n) is 2.04. The monoisotopic (exact) mass is 290 g/mol. The van der Waals surface area contributed by atoms with Gasteiger partial charge in [-0.1, -0.05) is 6.07 Å². The molecule has 0 bridgehead atoms. The molecule has 19 heavy (non-hydrogen) atoms. The normalized spacial score (nSPS) is 11.2. The highest BCUT2D eigenvalue weighted by Crippen LogP contribution is 2.18. The summed E-state index contributed by atoms with van der Waals surface area (Å²) in [5.74, 6) is 0.0910. The molecule has 0 saturated heterocycles. The molecule has 1 aromatic rings. The van der Waals surface area contributed by atoms with Crippen molar-refractivity contribution in [2.75, 3.05) is 25.6 Å². The Labute approximate surface area is 110 Å².